The predicted molar refractivity (Wildman–Crippen MR) is 77.0 cm³/mol. The van der Waals surface area contributed by atoms with Gasteiger partial charge < -0.3 is 14.6 Å². The van der Waals surface area contributed by atoms with Crippen LogP contribution in [0.4, 0.5) is 5.69 Å². The van der Waals surface area contributed by atoms with Gasteiger partial charge in [0.2, 0.25) is 11.8 Å². The fraction of sp³-hybridized carbons (Fsp3) is 0.357. The van der Waals surface area contributed by atoms with Crippen molar-refractivity contribution in [3.05, 3.63) is 29.2 Å². The molecule has 6 nitrogen and oxygen atoms in total. The van der Waals surface area contributed by atoms with Gasteiger partial charge >= 0.3 is 0 Å². The van der Waals surface area contributed by atoms with Crippen molar-refractivity contribution in [2.45, 2.75) is 20.4 Å². The summed E-state index contributed by atoms with van der Waals surface area (Å²) in [7, 11) is 0. The van der Waals surface area contributed by atoms with Gasteiger partial charge in [0.25, 0.3) is 0 Å². The summed E-state index contributed by atoms with van der Waals surface area (Å²) < 4.78 is 1.42. The van der Waals surface area contributed by atoms with Gasteiger partial charge in [0, 0.05) is 18.5 Å². The number of likely N-dealkylation sites (N-methyl/N-ethyl adjacent to an activating group) is 1. The number of carbonyl (C=O) groups is 1. The minimum absolute atomic E-state index is 0.0104. The number of hydrogen-bond donors (Lipinski definition) is 1. The lowest BCUT2D eigenvalue weighted by atomic mass is 10.2. The Morgan fingerprint density at radius 2 is 1.95 bits per heavy atom. The Bertz CT molecular complexity index is 644. The number of hydrogen-bond acceptors (Lipinski definition) is 4. The van der Waals surface area contributed by atoms with Crippen molar-refractivity contribution in [3.63, 3.8) is 0 Å². The molecule has 1 heterocycles. The molecule has 0 saturated heterocycles. The Kier molecular flexibility index (Phi) is 4.02. The topological polar surface area (TPSA) is 74.9 Å². The SMILES string of the molecule is CCN(CC)C(=O)Cn1c(O)c(N=O)c2ccccc21. The highest BCUT2D eigenvalue weighted by molar-refractivity contribution is 5.96. The predicted octanol–water partition coefficient (Wildman–Crippen LogP) is 2.61. The Balaban J connectivity index is 2.47. The monoisotopic (exact) mass is 275 g/mol. The molecule has 0 atom stereocenters. The van der Waals surface area contributed by atoms with E-state index in [1.54, 1.807) is 29.2 Å². The Labute approximate surface area is 116 Å². The van der Waals surface area contributed by atoms with Crippen LogP contribution in [0.5, 0.6) is 5.88 Å². The quantitative estimate of drug-likeness (QED) is 0.852. The summed E-state index contributed by atoms with van der Waals surface area (Å²) in [5, 5.41) is 13.5. The largest absolute Gasteiger partial charge is 0.493 e. The molecule has 0 spiro atoms. The van der Waals surface area contributed by atoms with Crippen LogP contribution in [0, 0.1) is 4.91 Å². The van der Waals surface area contributed by atoms with E-state index in [0.717, 1.165) is 0 Å². The van der Waals surface area contributed by atoms with Gasteiger partial charge in [0.05, 0.1) is 5.52 Å². The molecule has 1 aromatic carbocycles. The molecule has 106 valence electrons. The molecule has 0 fully saturated rings. The maximum absolute atomic E-state index is 12.2. The van der Waals surface area contributed by atoms with Crippen LogP contribution in [0.3, 0.4) is 0 Å². The van der Waals surface area contributed by atoms with E-state index in [2.05, 4.69) is 5.18 Å². The van der Waals surface area contributed by atoms with E-state index >= 15 is 0 Å². The minimum Gasteiger partial charge on any atom is -0.493 e. The van der Waals surface area contributed by atoms with E-state index < -0.39 is 0 Å². The second kappa shape index (κ2) is 5.73. The van der Waals surface area contributed by atoms with Gasteiger partial charge in [-0.25, -0.2) is 0 Å². The highest BCUT2D eigenvalue weighted by Crippen LogP contribution is 2.38. The fourth-order valence-electron chi connectivity index (χ4n) is 2.33. The number of amides is 1. The molecule has 2 rings (SSSR count). The summed E-state index contributed by atoms with van der Waals surface area (Å²) in [6.07, 6.45) is 0. The Morgan fingerprint density at radius 3 is 2.55 bits per heavy atom. The molecule has 0 aliphatic carbocycles. The summed E-state index contributed by atoms with van der Waals surface area (Å²) in [6.45, 7) is 4.99. The third-order valence-electron chi connectivity index (χ3n) is 3.42. The van der Waals surface area contributed by atoms with Crippen LogP contribution in [0.15, 0.2) is 29.4 Å². The normalized spacial score (nSPS) is 10.7. The number of nitrogens with zero attached hydrogens (tertiary/aromatic N) is 3. The van der Waals surface area contributed by atoms with Gasteiger partial charge in [-0.05, 0) is 25.1 Å². The van der Waals surface area contributed by atoms with Gasteiger partial charge in [-0.15, -0.1) is 4.91 Å². The van der Waals surface area contributed by atoms with Crippen LogP contribution < -0.4 is 0 Å². The zero-order valence-electron chi connectivity index (χ0n) is 11.5. The smallest absolute Gasteiger partial charge is 0.242 e. The number of nitroso groups, excluding NO2 is 1. The molecular weight excluding hydrogens is 258 g/mol. The second-order valence-corrected chi connectivity index (χ2v) is 4.43. The molecule has 1 aromatic heterocycles. The molecule has 2 aromatic rings. The van der Waals surface area contributed by atoms with Gasteiger partial charge in [0.15, 0.2) is 5.69 Å². The average molecular weight is 275 g/mol. The summed E-state index contributed by atoms with van der Waals surface area (Å²) in [5.41, 5.74) is 0.605. The Morgan fingerprint density at radius 1 is 1.30 bits per heavy atom. The number of aromatic nitrogens is 1. The van der Waals surface area contributed by atoms with Crippen molar-refractivity contribution < 1.29 is 9.90 Å². The van der Waals surface area contributed by atoms with Crippen molar-refractivity contribution in [1.82, 2.24) is 9.47 Å². The lowest BCUT2D eigenvalue weighted by molar-refractivity contribution is -0.131. The standard InChI is InChI=1S/C14H17N3O3/c1-3-16(4-2)12(18)9-17-11-8-6-5-7-10(11)13(15-20)14(17)19/h5-8,19H,3-4,9H2,1-2H3. The van der Waals surface area contributed by atoms with Crippen LogP contribution in [0.1, 0.15) is 13.8 Å². The maximum atomic E-state index is 12.2. The molecule has 0 saturated carbocycles. The molecule has 6 heteroatoms. The molecular formula is C14H17N3O3. The molecule has 0 unspecified atom stereocenters. The van der Waals surface area contributed by atoms with Gasteiger partial charge in [-0.2, -0.15) is 0 Å². The van der Waals surface area contributed by atoms with Crippen LogP contribution in [-0.2, 0) is 11.3 Å². The van der Waals surface area contributed by atoms with Crippen molar-refractivity contribution >= 4 is 22.5 Å². The highest BCUT2D eigenvalue weighted by atomic mass is 16.3. The average Bonchev–Trinajstić information content (AvgIpc) is 2.73. The van der Waals surface area contributed by atoms with Crippen LogP contribution in [0.2, 0.25) is 0 Å². The van der Waals surface area contributed by atoms with Gasteiger partial charge in [-0.3, -0.25) is 4.79 Å². The summed E-state index contributed by atoms with van der Waals surface area (Å²) >= 11 is 0. The first-order chi connectivity index (χ1) is 9.63. The molecule has 20 heavy (non-hydrogen) atoms. The van der Waals surface area contributed by atoms with Crippen molar-refractivity contribution in [2.75, 3.05) is 13.1 Å². The van der Waals surface area contributed by atoms with E-state index in [1.165, 1.54) is 4.57 Å². The number of carbonyl (C=O) groups excluding carboxylic acids is 1. The molecule has 0 bridgehead atoms. The lowest BCUT2D eigenvalue weighted by Crippen LogP contribution is -2.33. The van der Waals surface area contributed by atoms with E-state index in [-0.39, 0.29) is 24.0 Å². The highest BCUT2D eigenvalue weighted by Gasteiger charge is 2.20. The van der Waals surface area contributed by atoms with Crippen LogP contribution >= 0.6 is 0 Å². The van der Waals surface area contributed by atoms with E-state index in [0.29, 0.717) is 24.0 Å². The van der Waals surface area contributed by atoms with E-state index in [1.807, 2.05) is 13.8 Å². The summed E-state index contributed by atoms with van der Waals surface area (Å²) in [6, 6.07) is 6.99. The number of fused-ring (bicyclic) bond motifs is 1. The van der Waals surface area contributed by atoms with Crippen LogP contribution in [-0.4, -0.2) is 33.6 Å². The first-order valence-corrected chi connectivity index (χ1v) is 6.55. The lowest BCUT2D eigenvalue weighted by Gasteiger charge is -2.19. The zero-order valence-corrected chi connectivity index (χ0v) is 11.5. The van der Waals surface area contributed by atoms with Gasteiger partial charge in [0.1, 0.15) is 6.54 Å². The molecule has 1 N–H and O–H groups in total. The van der Waals surface area contributed by atoms with E-state index in [9.17, 15) is 14.8 Å². The summed E-state index contributed by atoms with van der Waals surface area (Å²) in [4.78, 5) is 24.7. The first kappa shape index (κ1) is 14.0. The Hall–Kier alpha value is -2.37. The van der Waals surface area contributed by atoms with Crippen molar-refractivity contribution in [1.29, 1.82) is 0 Å². The number of benzene rings is 1. The third kappa shape index (κ3) is 2.24. The molecule has 0 aliphatic rings. The van der Waals surface area contributed by atoms with E-state index in [4.69, 9.17) is 0 Å². The number of rotatable bonds is 5. The first-order valence-electron chi connectivity index (χ1n) is 6.55. The number of aromatic hydroxyl groups is 1. The zero-order chi connectivity index (χ0) is 14.7. The minimum atomic E-state index is -0.262. The number of para-hydroxylation sites is 1. The fourth-order valence-corrected chi connectivity index (χ4v) is 2.33. The molecule has 0 radical (unpaired) electrons. The molecule has 0 aliphatic heterocycles. The van der Waals surface area contributed by atoms with Crippen molar-refractivity contribution in [3.8, 4) is 5.88 Å². The van der Waals surface area contributed by atoms with Crippen LogP contribution in [0.25, 0.3) is 10.9 Å². The maximum Gasteiger partial charge on any atom is 0.242 e. The summed E-state index contributed by atoms with van der Waals surface area (Å²) in [5.74, 6) is -0.370. The van der Waals surface area contributed by atoms with Crippen molar-refractivity contribution in [2.24, 2.45) is 5.18 Å². The van der Waals surface area contributed by atoms with Gasteiger partial charge in [-0.1, -0.05) is 18.2 Å². The molecule has 1 amide bonds. The third-order valence-corrected chi connectivity index (χ3v) is 3.42. The second-order valence-electron chi connectivity index (χ2n) is 4.43.